The van der Waals surface area contributed by atoms with E-state index in [4.69, 9.17) is 11.1 Å². The van der Waals surface area contributed by atoms with Gasteiger partial charge in [0.1, 0.15) is 0 Å². The molecule has 122 valence electrons. The lowest BCUT2D eigenvalue weighted by Gasteiger charge is -2.30. The van der Waals surface area contributed by atoms with Gasteiger partial charge < -0.3 is 15.1 Å². The first kappa shape index (κ1) is 16.4. The predicted octanol–water partition coefficient (Wildman–Crippen LogP) is 2.00. The Labute approximate surface area is 127 Å². The lowest BCUT2D eigenvalue weighted by molar-refractivity contribution is -0.137. The number of nitrogens with one attached hydrogen (secondary N) is 2. The Bertz CT molecular complexity index is 508. The monoisotopic (exact) mass is 315 g/mol. The molecule has 0 spiro atoms. The van der Waals surface area contributed by atoms with Gasteiger partial charge in [-0.2, -0.15) is 13.2 Å². The summed E-state index contributed by atoms with van der Waals surface area (Å²) in [6.07, 6.45) is -2.94. The highest BCUT2D eigenvalue weighted by atomic mass is 19.4. The number of hydrogen-bond acceptors (Lipinski definition) is 3. The Morgan fingerprint density at radius 1 is 1.27 bits per heavy atom. The number of nitrogens with two attached hydrogens (primary N) is 1. The van der Waals surface area contributed by atoms with Gasteiger partial charge in [-0.1, -0.05) is 0 Å². The van der Waals surface area contributed by atoms with Gasteiger partial charge in [0, 0.05) is 25.8 Å². The van der Waals surface area contributed by atoms with Gasteiger partial charge in [-0.15, -0.1) is 0 Å². The van der Waals surface area contributed by atoms with Gasteiger partial charge in [0.2, 0.25) is 0 Å². The minimum absolute atomic E-state index is 0.240. The van der Waals surface area contributed by atoms with Crippen LogP contribution >= 0.6 is 0 Å². The summed E-state index contributed by atoms with van der Waals surface area (Å²) in [4.78, 5) is 3.48. The van der Waals surface area contributed by atoms with Crippen LogP contribution in [0.3, 0.4) is 0 Å². The molecule has 2 rings (SSSR count). The van der Waals surface area contributed by atoms with Gasteiger partial charge in [0.15, 0.2) is 12.2 Å². The third kappa shape index (κ3) is 3.82. The van der Waals surface area contributed by atoms with E-state index in [1.807, 2.05) is 4.90 Å². The molecule has 1 aliphatic heterocycles. The van der Waals surface area contributed by atoms with Crippen LogP contribution < -0.4 is 16.0 Å². The van der Waals surface area contributed by atoms with Crippen molar-refractivity contribution in [3.8, 4) is 0 Å². The number of guanidine groups is 1. The van der Waals surface area contributed by atoms with Crippen molar-refractivity contribution in [3.05, 3.63) is 29.8 Å². The largest absolute Gasteiger partial charge is 0.416 e. The van der Waals surface area contributed by atoms with Gasteiger partial charge in [0.05, 0.1) is 5.56 Å². The van der Waals surface area contributed by atoms with Crippen LogP contribution in [0.1, 0.15) is 18.4 Å². The van der Waals surface area contributed by atoms with Gasteiger partial charge in [-0.05, 0) is 37.1 Å². The third-order valence-electron chi connectivity index (χ3n) is 3.73. The minimum atomic E-state index is -4.35. The van der Waals surface area contributed by atoms with Crippen LogP contribution in [-0.4, -0.2) is 37.3 Å². The molecular weight excluding hydrogens is 295 g/mol. The fourth-order valence-electron chi connectivity index (χ4n) is 2.32. The average molecular weight is 315 g/mol. The molecule has 0 radical (unpaired) electrons. The van der Waals surface area contributed by atoms with Crippen molar-refractivity contribution in [1.29, 1.82) is 5.41 Å². The Morgan fingerprint density at radius 2 is 1.82 bits per heavy atom. The van der Waals surface area contributed by atoms with E-state index in [0.717, 1.165) is 38.1 Å². The molecule has 1 saturated heterocycles. The van der Waals surface area contributed by atoms with E-state index in [9.17, 15) is 13.2 Å². The first-order valence-corrected chi connectivity index (χ1v) is 7.05. The van der Waals surface area contributed by atoms with Crippen LogP contribution in [0.4, 0.5) is 18.9 Å². The smallest absolute Gasteiger partial charge is 0.343 e. The zero-order valence-corrected chi connectivity index (χ0v) is 12.3. The average Bonchev–Trinajstić information content (AvgIpc) is 3.00. The Kier molecular flexibility index (Phi) is 4.80. The molecule has 22 heavy (non-hydrogen) atoms. The predicted molar refractivity (Wildman–Crippen MR) is 79.5 cm³/mol. The molecule has 4 N–H and O–H groups in total. The maximum Gasteiger partial charge on any atom is 0.416 e. The van der Waals surface area contributed by atoms with E-state index in [1.54, 1.807) is 11.9 Å². The van der Waals surface area contributed by atoms with E-state index in [-0.39, 0.29) is 5.96 Å². The summed E-state index contributed by atoms with van der Waals surface area (Å²) >= 11 is 0. The summed E-state index contributed by atoms with van der Waals surface area (Å²) in [6.45, 7) is 1.64. The Hall–Kier alpha value is -1.96. The zero-order chi connectivity index (χ0) is 16.3. The van der Waals surface area contributed by atoms with Gasteiger partial charge in [0.25, 0.3) is 0 Å². The highest BCUT2D eigenvalue weighted by molar-refractivity contribution is 5.77. The van der Waals surface area contributed by atoms with Crippen molar-refractivity contribution in [2.24, 2.45) is 5.73 Å². The number of benzene rings is 1. The highest BCUT2D eigenvalue weighted by Gasteiger charge is 2.30. The van der Waals surface area contributed by atoms with E-state index < -0.39 is 18.0 Å². The molecular formula is C14H20F3N5. The molecule has 8 heteroatoms. The number of likely N-dealkylation sites (tertiary alicyclic amines) is 1. The Balaban J connectivity index is 1.97. The van der Waals surface area contributed by atoms with Crippen molar-refractivity contribution in [3.63, 3.8) is 0 Å². The lowest BCUT2D eigenvalue weighted by Crippen LogP contribution is -2.56. The summed E-state index contributed by atoms with van der Waals surface area (Å²) in [6, 6.07) is 4.77. The van der Waals surface area contributed by atoms with Gasteiger partial charge in [-0.25, -0.2) is 0 Å². The Morgan fingerprint density at radius 3 is 2.32 bits per heavy atom. The van der Waals surface area contributed by atoms with E-state index in [0.29, 0.717) is 5.69 Å². The van der Waals surface area contributed by atoms with Crippen molar-refractivity contribution in [1.82, 2.24) is 10.2 Å². The highest BCUT2D eigenvalue weighted by Crippen LogP contribution is 2.30. The topological polar surface area (TPSA) is 68.4 Å². The quantitative estimate of drug-likeness (QED) is 0.453. The summed E-state index contributed by atoms with van der Waals surface area (Å²) in [5.41, 5.74) is 5.81. The van der Waals surface area contributed by atoms with Gasteiger partial charge >= 0.3 is 6.18 Å². The SMILES string of the molecule is CN(c1ccc(C(F)(F)F)cc1)C(N)NC(=N)N1CCCC1. The third-order valence-corrected chi connectivity index (χ3v) is 3.73. The molecule has 1 aliphatic rings. The summed E-state index contributed by atoms with van der Waals surface area (Å²) < 4.78 is 37.6. The molecule has 1 aromatic carbocycles. The second-order valence-corrected chi connectivity index (χ2v) is 5.29. The molecule has 1 atom stereocenters. The molecule has 1 unspecified atom stereocenters. The lowest BCUT2D eigenvalue weighted by atomic mass is 10.2. The van der Waals surface area contributed by atoms with E-state index in [1.165, 1.54) is 12.1 Å². The van der Waals surface area contributed by atoms with Crippen LogP contribution in [0.5, 0.6) is 0 Å². The molecule has 0 saturated carbocycles. The minimum Gasteiger partial charge on any atom is -0.343 e. The second kappa shape index (κ2) is 6.43. The first-order chi connectivity index (χ1) is 10.3. The molecule has 0 aromatic heterocycles. The van der Waals surface area contributed by atoms with Crippen molar-refractivity contribution in [2.75, 3.05) is 25.0 Å². The molecule has 5 nitrogen and oxygen atoms in total. The molecule has 0 bridgehead atoms. The van der Waals surface area contributed by atoms with Gasteiger partial charge in [-0.3, -0.25) is 11.1 Å². The number of halogens is 3. The van der Waals surface area contributed by atoms with Crippen LogP contribution in [0.25, 0.3) is 0 Å². The normalized spacial score (nSPS) is 16.5. The van der Waals surface area contributed by atoms with E-state index >= 15 is 0 Å². The number of hydrogen-bond donors (Lipinski definition) is 3. The first-order valence-electron chi connectivity index (χ1n) is 7.05. The molecule has 0 amide bonds. The number of alkyl halides is 3. The number of anilines is 1. The number of nitrogens with zero attached hydrogens (tertiary/aromatic N) is 2. The number of rotatable bonds is 3. The standard InChI is InChI=1S/C14H20F3N5/c1-21(11-6-4-10(5-7-11)14(15,16)17)12(18)20-13(19)22-8-2-3-9-22/h4-7,12H,2-3,8-9,18H2,1H3,(H2,19,20). The summed E-state index contributed by atoms with van der Waals surface area (Å²) in [5, 5.41) is 10.8. The fourth-order valence-corrected chi connectivity index (χ4v) is 2.32. The zero-order valence-electron chi connectivity index (χ0n) is 12.3. The second-order valence-electron chi connectivity index (χ2n) is 5.29. The van der Waals surface area contributed by atoms with Crippen LogP contribution in [0.15, 0.2) is 24.3 Å². The molecule has 1 fully saturated rings. The van der Waals surface area contributed by atoms with Crippen molar-refractivity contribution < 1.29 is 13.2 Å². The fraction of sp³-hybridized carbons (Fsp3) is 0.500. The van der Waals surface area contributed by atoms with Crippen LogP contribution in [0, 0.1) is 5.41 Å². The molecule has 1 heterocycles. The van der Waals surface area contributed by atoms with Crippen molar-refractivity contribution >= 4 is 11.6 Å². The maximum atomic E-state index is 12.5. The van der Waals surface area contributed by atoms with E-state index in [2.05, 4.69) is 5.32 Å². The summed E-state index contributed by atoms with van der Waals surface area (Å²) in [7, 11) is 1.66. The molecule has 0 aliphatic carbocycles. The van der Waals surface area contributed by atoms with Crippen LogP contribution in [0.2, 0.25) is 0 Å². The van der Waals surface area contributed by atoms with Crippen LogP contribution in [-0.2, 0) is 6.18 Å². The molecule has 1 aromatic rings. The summed E-state index contributed by atoms with van der Waals surface area (Å²) in [5.74, 6) is 0.240. The van der Waals surface area contributed by atoms with Crippen molar-refractivity contribution in [2.45, 2.75) is 25.3 Å². The maximum absolute atomic E-state index is 12.5.